The maximum Gasteiger partial charge on any atom is 0.107 e. The van der Waals surface area contributed by atoms with Crippen molar-refractivity contribution in [1.29, 1.82) is 0 Å². The van der Waals surface area contributed by atoms with Crippen LogP contribution in [0.2, 0.25) is 0 Å². The van der Waals surface area contributed by atoms with Crippen LogP contribution in [0.1, 0.15) is 11.1 Å². The van der Waals surface area contributed by atoms with Gasteiger partial charge in [-0.05, 0) is 52.7 Å². The Kier molecular flexibility index (Phi) is 4.60. The molecule has 0 spiro atoms. The van der Waals surface area contributed by atoms with Gasteiger partial charge in [0.1, 0.15) is 4.99 Å². The summed E-state index contributed by atoms with van der Waals surface area (Å²) in [6.45, 7) is 2.05. The lowest BCUT2D eigenvalue weighted by atomic mass is 10.1. The van der Waals surface area contributed by atoms with E-state index in [9.17, 15) is 0 Å². The topological polar surface area (TPSA) is 38.0 Å². The Morgan fingerprint density at radius 2 is 1.63 bits per heavy atom. The Morgan fingerprint density at radius 3 is 2.26 bits per heavy atom. The minimum Gasteiger partial charge on any atom is -0.389 e. The molecular weight excluding hydrogens is 388 g/mol. The van der Waals surface area contributed by atoms with Crippen LogP contribution in [0.4, 0.5) is 11.4 Å². The number of nitrogens with two attached hydrogens (primary N) is 1. The average molecular weight is 400 g/mol. The summed E-state index contributed by atoms with van der Waals surface area (Å²) < 4.78 is 1.95. The Hall–Kier alpha value is -0.910. The molecule has 0 bridgehead atoms. The summed E-state index contributed by atoms with van der Waals surface area (Å²) in [5, 5.41) is 3.38. The van der Waals surface area contributed by atoms with Crippen molar-refractivity contribution in [1.82, 2.24) is 0 Å². The summed E-state index contributed by atoms with van der Waals surface area (Å²) in [6.07, 6.45) is 0. The van der Waals surface area contributed by atoms with Crippen LogP contribution >= 0.6 is 44.1 Å². The molecule has 0 heterocycles. The summed E-state index contributed by atoms with van der Waals surface area (Å²) in [5.74, 6) is 0. The van der Waals surface area contributed by atoms with Gasteiger partial charge in [-0.2, -0.15) is 0 Å². The predicted molar refractivity (Wildman–Crippen MR) is 92.2 cm³/mol. The van der Waals surface area contributed by atoms with Gasteiger partial charge in [-0.15, -0.1) is 0 Å². The van der Waals surface area contributed by atoms with Gasteiger partial charge in [0.15, 0.2) is 0 Å². The fourth-order valence-electron chi connectivity index (χ4n) is 1.77. The summed E-state index contributed by atoms with van der Waals surface area (Å²) in [4.78, 5) is 0.364. The highest BCUT2D eigenvalue weighted by Gasteiger charge is 2.10. The second kappa shape index (κ2) is 6.03. The van der Waals surface area contributed by atoms with Crippen molar-refractivity contribution in [2.24, 2.45) is 5.73 Å². The quantitative estimate of drug-likeness (QED) is 0.721. The molecule has 2 aromatic rings. The van der Waals surface area contributed by atoms with E-state index in [1.54, 1.807) is 0 Å². The molecule has 0 fully saturated rings. The zero-order chi connectivity index (χ0) is 14.0. The van der Waals surface area contributed by atoms with Crippen LogP contribution in [0.3, 0.4) is 0 Å². The maximum absolute atomic E-state index is 5.79. The van der Waals surface area contributed by atoms with Gasteiger partial charge in [-0.25, -0.2) is 0 Å². The highest BCUT2D eigenvalue weighted by molar-refractivity contribution is 9.10. The van der Waals surface area contributed by atoms with Gasteiger partial charge >= 0.3 is 0 Å². The molecule has 0 saturated heterocycles. The number of halogens is 2. The molecule has 3 N–H and O–H groups in total. The Balaban J connectivity index is 2.47. The number of hydrogen-bond acceptors (Lipinski definition) is 2. The van der Waals surface area contributed by atoms with E-state index >= 15 is 0 Å². The van der Waals surface area contributed by atoms with Crippen molar-refractivity contribution in [3.05, 3.63) is 56.5 Å². The largest absolute Gasteiger partial charge is 0.389 e. The van der Waals surface area contributed by atoms with Gasteiger partial charge in [-0.1, -0.05) is 40.3 Å². The fourth-order valence-corrected chi connectivity index (χ4v) is 3.06. The second-order valence-electron chi connectivity index (χ2n) is 4.06. The van der Waals surface area contributed by atoms with Crippen molar-refractivity contribution >= 4 is 60.4 Å². The highest BCUT2D eigenvalue weighted by Crippen LogP contribution is 2.30. The second-order valence-corrected chi connectivity index (χ2v) is 6.21. The monoisotopic (exact) mass is 398 g/mol. The highest BCUT2D eigenvalue weighted by atomic mass is 79.9. The van der Waals surface area contributed by atoms with E-state index in [0.717, 1.165) is 31.4 Å². The van der Waals surface area contributed by atoms with Crippen molar-refractivity contribution in [2.75, 3.05) is 5.32 Å². The van der Waals surface area contributed by atoms with E-state index in [-0.39, 0.29) is 0 Å². The van der Waals surface area contributed by atoms with Crippen molar-refractivity contribution in [3.63, 3.8) is 0 Å². The number of rotatable bonds is 3. The molecule has 2 rings (SSSR count). The lowest BCUT2D eigenvalue weighted by Crippen LogP contribution is -2.13. The number of hydrogen-bond donors (Lipinski definition) is 2. The first kappa shape index (κ1) is 14.5. The number of benzene rings is 2. The third kappa shape index (κ3) is 3.16. The minimum absolute atomic E-state index is 0.364. The van der Waals surface area contributed by atoms with Crippen molar-refractivity contribution in [3.8, 4) is 0 Å². The lowest BCUT2D eigenvalue weighted by Gasteiger charge is -2.15. The number of thiocarbonyl (C=S) groups is 1. The van der Waals surface area contributed by atoms with Gasteiger partial charge in [0.05, 0.1) is 0 Å². The smallest absolute Gasteiger partial charge is 0.107 e. The molecule has 0 aromatic heterocycles. The van der Waals surface area contributed by atoms with Gasteiger partial charge in [0, 0.05) is 25.9 Å². The van der Waals surface area contributed by atoms with Gasteiger partial charge in [0.25, 0.3) is 0 Å². The molecule has 0 radical (unpaired) electrons. The fraction of sp³-hybridized carbons (Fsp3) is 0.0714. The molecule has 0 aliphatic carbocycles. The predicted octanol–water partition coefficient (Wildman–Crippen LogP) is 4.90. The van der Waals surface area contributed by atoms with E-state index in [1.165, 1.54) is 0 Å². The first-order valence-electron chi connectivity index (χ1n) is 5.61. The zero-order valence-electron chi connectivity index (χ0n) is 10.2. The summed E-state index contributed by atoms with van der Waals surface area (Å²) in [7, 11) is 0. The molecule has 2 nitrogen and oxygen atoms in total. The van der Waals surface area contributed by atoms with Gasteiger partial charge < -0.3 is 11.1 Å². The molecule has 0 atom stereocenters. The maximum atomic E-state index is 5.79. The Morgan fingerprint density at radius 1 is 1.05 bits per heavy atom. The minimum atomic E-state index is 0.364. The standard InChI is InChI=1S/C14H12Br2N2S/c1-8-9(15)4-2-6-11(8)18-12-7-3-5-10(16)13(12)14(17)19/h2-7,18H,1H3,(H2,17,19). The Bertz CT molecular complexity index is 641. The van der Waals surface area contributed by atoms with Crippen molar-refractivity contribution < 1.29 is 0 Å². The molecule has 0 saturated carbocycles. The molecule has 0 amide bonds. The van der Waals surface area contributed by atoms with Crippen LogP contribution in [0.25, 0.3) is 0 Å². The van der Waals surface area contributed by atoms with Gasteiger partial charge in [0.2, 0.25) is 0 Å². The first-order chi connectivity index (χ1) is 9.00. The molecular formula is C14H12Br2N2S. The molecule has 5 heteroatoms. The van der Waals surface area contributed by atoms with Crippen LogP contribution in [0.15, 0.2) is 45.3 Å². The average Bonchev–Trinajstić information content (AvgIpc) is 2.34. The molecule has 2 aromatic carbocycles. The van der Waals surface area contributed by atoms with E-state index < -0.39 is 0 Å². The third-order valence-corrected chi connectivity index (χ3v) is 4.52. The molecule has 0 aliphatic heterocycles. The molecule has 0 unspecified atom stereocenters. The molecule has 0 aliphatic rings. The van der Waals surface area contributed by atoms with Crippen LogP contribution in [0.5, 0.6) is 0 Å². The van der Waals surface area contributed by atoms with Crippen LogP contribution in [0, 0.1) is 6.92 Å². The SMILES string of the molecule is Cc1c(Br)cccc1Nc1cccc(Br)c1C(N)=S. The van der Waals surface area contributed by atoms with Crippen LogP contribution in [-0.4, -0.2) is 4.99 Å². The normalized spacial score (nSPS) is 10.3. The third-order valence-electron chi connectivity index (χ3n) is 2.80. The Labute approximate surface area is 134 Å². The molecule has 19 heavy (non-hydrogen) atoms. The van der Waals surface area contributed by atoms with E-state index in [2.05, 4.69) is 37.2 Å². The van der Waals surface area contributed by atoms with Crippen molar-refractivity contribution in [2.45, 2.75) is 6.92 Å². The number of anilines is 2. The van der Waals surface area contributed by atoms with E-state index in [1.807, 2.05) is 43.3 Å². The van der Waals surface area contributed by atoms with Crippen LogP contribution < -0.4 is 11.1 Å². The van der Waals surface area contributed by atoms with Crippen LogP contribution in [-0.2, 0) is 0 Å². The lowest BCUT2D eigenvalue weighted by molar-refractivity contribution is 1.39. The first-order valence-corrected chi connectivity index (χ1v) is 7.60. The summed E-state index contributed by atoms with van der Waals surface area (Å²) in [5.41, 5.74) is 9.65. The number of nitrogens with one attached hydrogen (secondary N) is 1. The zero-order valence-corrected chi connectivity index (χ0v) is 14.2. The van der Waals surface area contributed by atoms with E-state index in [4.69, 9.17) is 18.0 Å². The van der Waals surface area contributed by atoms with E-state index in [0.29, 0.717) is 4.99 Å². The molecule has 98 valence electrons. The summed E-state index contributed by atoms with van der Waals surface area (Å²) >= 11 is 12.1. The van der Waals surface area contributed by atoms with Gasteiger partial charge in [-0.3, -0.25) is 0 Å². The summed E-state index contributed by atoms with van der Waals surface area (Å²) in [6, 6.07) is 11.8.